The zero-order chi connectivity index (χ0) is 11.8. The van der Waals surface area contributed by atoms with Gasteiger partial charge in [0.05, 0.1) is 13.2 Å². The number of hydrogen-bond donors (Lipinski definition) is 1. The SMILES string of the molecule is CCCCCNCC(C)N1CCOCC1C. The van der Waals surface area contributed by atoms with Crippen LogP contribution in [0.2, 0.25) is 0 Å². The van der Waals surface area contributed by atoms with Crippen molar-refractivity contribution in [1.29, 1.82) is 0 Å². The molecule has 1 heterocycles. The lowest BCUT2D eigenvalue weighted by Gasteiger charge is -2.38. The van der Waals surface area contributed by atoms with Crippen LogP contribution in [0, 0.1) is 0 Å². The summed E-state index contributed by atoms with van der Waals surface area (Å²) in [6, 6.07) is 1.20. The normalized spacial score (nSPS) is 24.6. The third-order valence-electron chi connectivity index (χ3n) is 3.38. The van der Waals surface area contributed by atoms with E-state index in [0.717, 1.165) is 32.8 Å². The second-order valence-electron chi connectivity index (χ2n) is 4.92. The van der Waals surface area contributed by atoms with Crippen LogP contribution in [0.1, 0.15) is 40.0 Å². The Labute approximate surface area is 101 Å². The summed E-state index contributed by atoms with van der Waals surface area (Å²) < 4.78 is 5.46. The molecule has 0 saturated carbocycles. The molecule has 1 fully saturated rings. The molecule has 0 aromatic heterocycles. The predicted molar refractivity (Wildman–Crippen MR) is 68.8 cm³/mol. The largest absolute Gasteiger partial charge is 0.379 e. The first-order chi connectivity index (χ1) is 7.75. The highest BCUT2D eigenvalue weighted by molar-refractivity contribution is 4.77. The molecular weight excluding hydrogens is 200 g/mol. The molecule has 1 saturated heterocycles. The molecule has 0 bridgehead atoms. The molecule has 3 nitrogen and oxygen atoms in total. The molecule has 2 unspecified atom stereocenters. The Morgan fingerprint density at radius 2 is 2.25 bits per heavy atom. The fourth-order valence-corrected chi connectivity index (χ4v) is 2.32. The quantitative estimate of drug-likeness (QED) is 0.673. The van der Waals surface area contributed by atoms with E-state index in [1.54, 1.807) is 0 Å². The van der Waals surface area contributed by atoms with Crippen LogP contribution in [0.5, 0.6) is 0 Å². The summed E-state index contributed by atoms with van der Waals surface area (Å²) in [4.78, 5) is 2.55. The molecular formula is C13H28N2O. The van der Waals surface area contributed by atoms with Crippen LogP contribution in [-0.4, -0.2) is 49.8 Å². The number of hydrogen-bond acceptors (Lipinski definition) is 3. The molecule has 1 aliphatic rings. The summed E-state index contributed by atoms with van der Waals surface area (Å²) >= 11 is 0. The zero-order valence-corrected chi connectivity index (χ0v) is 11.2. The Kier molecular flexibility index (Phi) is 7.01. The van der Waals surface area contributed by atoms with Gasteiger partial charge in [-0.3, -0.25) is 4.90 Å². The molecule has 3 heteroatoms. The fourth-order valence-electron chi connectivity index (χ4n) is 2.32. The second-order valence-corrected chi connectivity index (χ2v) is 4.92. The van der Waals surface area contributed by atoms with Crippen molar-refractivity contribution in [3.63, 3.8) is 0 Å². The van der Waals surface area contributed by atoms with Gasteiger partial charge >= 0.3 is 0 Å². The van der Waals surface area contributed by atoms with Crippen molar-refractivity contribution in [3.8, 4) is 0 Å². The highest BCUT2D eigenvalue weighted by Crippen LogP contribution is 2.09. The highest BCUT2D eigenvalue weighted by atomic mass is 16.5. The van der Waals surface area contributed by atoms with Crippen molar-refractivity contribution < 1.29 is 4.74 Å². The molecule has 96 valence electrons. The summed E-state index contributed by atoms with van der Waals surface area (Å²) in [5.74, 6) is 0. The number of rotatable bonds is 7. The van der Waals surface area contributed by atoms with Crippen LogP contribution in [0.4, 0.5) is 0 Å². The van der Waals surface area contributed by atoms with Gasteiger partial charge in [0, 0.05) is 25.2 Å². The lowest BCUT2D eigenvalue weighted by atomic mass is 10.2. The highest BCUT2D eigenvalue weighted by Gasteiger charge is 2.22. The van der Waals surface area contributed by atoms with Gasteiger partial charge in [-0.25, -0.2) is 0 Å². The Morgan fingerprint density at radius 3 is 2.94 bits per heavy atom. The molecule has 2 atom stereocenters. The molecule has 1 rings (SSSR count). The molecule has 0 aromatic carbocycles. The van der Waals surface area contributed by atoms with Gasteiger partial charge in [0.25, 0.3) is 0 Å². The van der Waals surface area contributed by atoms with E-state index in [4.69, 9.17) is 4.74 Å². The van der Waals surface area contributed by atoms with Crippen molar-refractivity contribution in [2.45, 2.75) is 52.1 Å². The van der Waals surface area contributed by atoms with E-state index in [9.17, 15) is 0 Å². The zero-order valence-electron chi connectivity index (χ0n) is 11.2. The van der Waals surface area contributed by atoms with Gasteiger partial charge in [0.15, 0.2) is 0 Å². The topological polar surface area (TPSA) is 24.5 Å². The van der Waals surface area contributed by atoms with Gasteiger partial charge < -0.3 is 10.1 Å². The molecule has 16 heavy (non-hydrogen) atoms. The number of morpholine rings is 1. The average molecular weight is 228 g/mol. The first-order valence-corrected chi connectivity index (χ1v) is 6.80. The molecule has 0 spiro atoms. The van der Waals surface area contributed by atoms with E-state index < -0.39 is 0 Å². The molecule has 0 radical (unpaired) electrons. The maximum absolute atomic E-state index is 5.46. The van der Waals surface area contributed by atoms with Gasteiger partial charge in [-0.1, -0.05) is 19.8 Å². The molecule has 0 aromatic rings. The molecule has 0 aliphatic carbocycles. The standard InChI is InChI=1S/C13H28N2O/c1-4-5-6-7-14-10-12(2)15-8-9-16-11-13(15)3/h12-14H,4-11H2,1-3H3. The second kappa shape index (κ2) is 8.04. The summed E-state index contributed by atoms with van der Waals surface area (Å²) in [5.41, 5.74) is 0. The minimum atomic E-state index is 0.571. The lowest BCUT2D eigenvalue weighted by molar-refractivity contribution is -0.0180. The van der Waals surface area contributed by atoms with E-state index >= 15 is 0 Å². The number of nitrogens with zero attached hydrogens (tertiary/aromatic N) is 1. The van der Waals surface area contributed by atoms with Crippen molar-refractivity contribution >= 4 is 0 Å². The minimum absolute atomic E-state index is 0.571. The van der Waals surface area contributed by atoms with Crippen LogP contribution in [0.3, 0.4) is 0 Å². The van der Waals surface area contributed by atoms with E-state index in [-0.39, 0.29) is 0 Å². The lowest BCUT2D eigenvalue weighted by Crippen LogP contribution is -2.51. The molecule has 0 amide bonds. The molecule has 1 aliphatic heterocycles. The van der Waals surface area contributed by atoms with Crippen LogP contribution < -0.4 is 5.32 Å². The predicted octanol–water partition coefficient (Wildman–Crippen LogP) is 1.88. The summed E-state index contributed by atoms with van der Waals surface area (Å²) in [5, 5.41) is 3.56. The Bertz CT molecular complexity index is 175. The van der Waals surface area contributed by atoms with Crippen molar-refractivity contribution in [3.05, 3.63) is 0 Å². The maximum atomic E-state index is 5.46. The first-order valence-electron chi connectivity index (χ1n) is 6.80. The fraction of sp³-hybridized carbons (Fsp3) is 1.00. The summed E-state index contributed by atoms with van der Waals surface area (Å²) in [6.07, 6.45) is 3.95. The van der Waals surface area contributed by atoms with E-state index in [1.807, 2.05) is 0 Å². The Hall–Kier alpha value is -0.120. The van der Waals surface area contributed by atoms with Crippen LogP contribution >= 0.6 is 0 Å². The van der Waals surface area contributed by atoms with Gasteiger partial charge in [-0.05, 0) is 26.8 Å². The van der Waals surface area contributed by atoms with Crippen LogP contribution in [0.15, 0.2) is 0 Å². The third kappa shape index (κ3) is 4.81. The van der Waals surface area contributed by atoms with Gasteiger partial charge in [-0.2, -0.15) is 0 Å². The van der Waals surface area contributed by atoms with Gasteiger partial charge in [0.2, 0.25) is 0 Å². The van der Waals surface area contributed by atoms with E-state index in [0.29, 0.717) is 12.1 Å². The number of ether oxygens (including phenoxy) is 1. The monoisotopic (exact) mass is 228 g/mol. The third-order valence-corrected chi connectivity index (χ3v) is 3.38. The minimum Gasteiger partial charge on any atom is -0.379 e. The summed E-state index contributed by atoms with van der Waals surface area (Å²) in [7, 11) is 0. The summed E-state index contributed by atoms with van der Waals surface area (Å²) in [6.45, 7) is 12.0. The number of unbranched alkanes of at least 4 members (excludes halogenated alkanes) is 2. The van der Waals surface area contributed by atoms with Gasteiger partial charge in [-0.15, -0.1) is 0 Å². The van der Waals surface area contributed by atoms with Crippen molar-refractivity contribution in [2.24, 2.45) is 0 Å². The maximum Gasteiger partial charge on any atom is 0.0619 e. The molecule has 1 N–H and O–H groups in total. The first kappa shape index (κ1) is 13.9. The van der Waals surface area contributed by atoms with E-state index in [2.05, 4.69) is 31.0 Å². The van der Waals surface area contributed by atoms with E-state index in [1.165, 1.54) is 19.3 Å². The Morgan fingerprint density at radius 1 is 1.44 bits per heavy atom. The van der Waals surface area contributed by atoms with Crippen molar-refractivity contribution in [1.82, 2.24) is 10.2 Å². The Balaban J connectivity index is 2.10. The van der Waals surface area contributed by atoms with Crippen LogP contribution in [0.25, 0.3) is 0 Å². The average Bonchev–Trinajstić information content (AvgIpc) is 2.29. The van der Waals surface area contributed by atoms with Gasteiger partial charge in [0.1, 0.15) is 0 Å². The smallest absolute Gasteiger partial charge is 0.0619 e. The number of nitrogens with one attached hydrogen (secondary N) is 1. The van der Waals surface area contributed by atoms with Crippen LogP contribution in [-0.2, 0) is 4.74 Å². The van der Waals surface area contributed by atoms with Crippen molar-refractivity contribution in [2.75, 3.05) is 32.8 Å².